The average molecular weight is 336 g/mol. The number of nitrogens with one attached hydrogen (secondary N) is 1. The summed E-state index contributed by atoms with van der Waals surface area (Å²) in [5.74, 6) is -1.83. The third kappa shape index (κ3) is 3.16. The highest BCUT2D eigenvalue weighted by Gasteiger charge is 2.18. The van der Waals surface area contributed by atoms with Gasteiger partial charge in [0.1, 0.15) is 0 Å². The maximum Gasteiger partial charge on any atom is 0.337 e. The van der Waals surface area contributed by atoms with Gasteiger partial charge in [-0.3, -0.25) is 14.9 Å². The summed E-state index contributed by atoms with van der Waals surface area (Å²) in [5, 5.41) is 24.2. The molecule has 0 saturated heterocycles. The van der Waals surface area contributed by atoms with Crippen molar-refractivity contribution in [2.24, 2.45) is 0 Å². The Morgan fingerprint density at radius 3 is 2.40 bits per heavy atom. The molecule has 7 nitrogen and oxygen atoms in total. The van der Waals surface area contributed by atoms with Gasteiger partial charge in [-0.15, -0.1) is 0 Å². The summed E-state index contributed by atoms with van der Waals surface area (Å²) in [6.07, 6.45) is 0. The molecule has 0 spiro atoms. The third-order valence-electron chi connectivity index (χ3n) is 3.73. The van der Waals surface area contributed by atoms with Crippen LogP contribution in [-0.4, -0.2) is 21.9 Å². The molecule has 1 amide bonds. The van der Waals surface area contributed by atoms with Gasteiger partial charge < -0.3 is 10.4 Å². The van der Waals surface area contributed by atoms with Crippen molar-refractivity contribution in [2.45, 2.75) is 0 Å². The number of non-ortho nitro benzene ring substituents is 1. The van der Waals surface area contributed by atoms with E-state index in [9.17, 15) is 24.8 Å². The number of rotatable bonds is 4. The van der Waals surface area contributed by atoms with E-state index in [4.69, 9.17) is 0 Å². The molecule has 0 saturated carbocycles. The number of nitro benzene ring substituents is 1. The lowest BCUT2D eigenvalue weighted by Crippen LogP contribution is -2.15. The SMILES string of the molecule is O=C(O)c1ccc([N+](=O)[O-])cc1NC(=O)c1cccc2ccccc12. The molecular formula is C18H12N2O5. The van der Waals surface area contributed by atoms with Crippen LogP contribution in [0, 0.1) is 10.1 Å². The molecule has 3 aromatic rings. The number of carbonyl (C=O) groups is 2. The minimum atomic E-state index is -1.29. The number of amides is 1. The van der Waals surface area contributed by atoms with Crippen molar-refractivity contribution >= 4 is 34.0 Å². The zero-order valence-electron chi connectivity index (χ0n) is 12.8. The fraction of sp³-hybridized carbons (Fsp3) is 0. The molecule has 0 bridgehead atoms. The highest BCUT2D eigenvalue weighted by atomic mass is 16.6. The van der Waals surface area contributed by atoms with Crippen molar-refractivity contribution < 1.29 is 19.6 Å². The van der Waals surface area contributed by atoms with Gasteiger partial charge >= 0.3 is 5.97 Å². The first-order valence-electron chi connectivity index (χ1n) is 7.28. The van der Waals surface area contributed by atoms with Crippen molar-refractivity contribution in [3.8, 4) is 0 Å². The van der Waals surface area contributed by atoms with E-state index < -0.39 is 16.8 Å². The van der Waals surface area contributed by atoms with E-state index in [0.29, 0.717) is 10.9 Å². The van der Waals surface area contributed by atoms with Gasteiger partial charge in [0.2, 0.25) is 0 Å². The Morgan fingerprint density at radius 2 is 1.68 bits per heavy atom. The van der Waals surface area contributed by atoms with Crippen LogP contribution in [0.15, 0.2) is 60.7 Å². The molecule has 3 rings (SSSR count). The second kappa shape index (κ2) is 6.40. The normalized spacial score (nSPS) is 10.4. The summed E-state index contributed by atoms with van der Waals surface area (Å²) < 4.78 is 0. The lowest BCUT2D eigenvalue weighted by atomic mass is 10.0. The summed E-state index contributed by atoms with van der Waals surface area (Å²) in [4.78, 5) is 34.2. The number of carboxylic acid groups (broad SMARTS) is 1. The maximum absolute atomic E-state index is 12.6. The Labute approximate surface area is 141 Å². The van der Waals surface area contributed by atoms with Crippen LogP contribution in [0.25, 0.3) is 10.8 Å². The van der Waals surface area contributed by atoms with Crippen LogP contribution in [0.3, 0.4) is 0 Å². The summed E-state index contributed by atoms with van der Waals surface area (Å²) in [6.45, 7) is 0. The van der Waals surface area contributed by atoms with Crippen LogP contribution in [-0.2, 0) is 0 Å². The number of benzene rings is 3. The number of nitrogens with zero attached hydrogens (tertiary/aromatic N) is 1. The van der Waals surface area contributed by atoms with E-state index in [1.807, 2.05) is 18.2 Å². The second-order valence-corrected chi connectivity index (χ2v) is 5.27. The second-order valence-electron chi connectivity index (χ2n) is 5.27. The quantitative estimate of drug-likeness (QED) is 0.557. The summed E-state index contributed by atoms with van der Waals surface area (Å²) in [7, 11) is 0. The molecule has 25 heavy (non-hydrogen) atoms. The van der Waals surface area contributed by atoms with Gasteiger partial charge in [-0.1, -0.05) is 36.4 Å². The maximum atomic E-state index is 12.6. The summed E-state index contributed by atoms with van der Waals surface area (Å²) in [5.41, 5.74) is -0.307. The number of carboxylic acids is 1. The van der Waals surface area contributed by atoms with Crippen LogP contribution in [0.5, 0.6) is 0 Å². The van der Waals surface area contributed by atoms with Crippen molar-refractivity contribution in [3.05, 3.63) is 81.9 Å². The van der Waals surface area contributed by atoms with Gasteiger partial charge in [0.05, 0.1) is 16.2 Å². The summed E-state index contributed by atoms with van der Waals surface area (Å²) in [6, 6.07) is 15.6. The Hall–Kier alpha value is -3.74. The number of hydrogen-bond acceptors (Lipinski definition) is 4. The highest BCUT2D eigenvalue weighted by Crippen LogP contribution is 2.25. The van der Waals surface area contributed by atoms with E-state index in [-0.39, 0.29) is 16.9 Å². The van der Waals surface area contributed by atoms with Crippen molar-refractivity contribution in [2.75, 3.05) is 5.32 Å². The minimum Gasteiger partial charge on any atom is -0.478 e. The number of anilines is 1. The molecule has 0 aliphatic heterocycles. The standard InChI is InChI=1S/C18H12N2O5/c21-17(14-7-3-5-11-4-1-2-6-13(11)14)19-16-10-12(20(24)25)8-9-15(16)18(22)23/h1-10H,(H,19,21)(H,22,23). The molecule has 3 aromatic carbocycles. The van der Waals surface area contributed by atoms with E-state index >= 15 is 0 Å². The number of fused-ring (bicyclic) bond motifs is 1. The monoisotopic (exact) mass is 336 g/mol. The number of aromatic carboxylic acids is 1. The zero-order valence-corrected chi connectivity index (χ0v) is 12.8. The smallest absolute Gasteiger partial charge is 0.337 e. The third-order valence-corrected chi connectivity index (χ3v) is 3.73. The molecule has 0 fully saturated rings. The predicted octanol–water partition coefficient (Wildman–Crippen LogP) is 3.70. The lowest BCUT2D eigenvalue weighted by Gasteiger charge is -2.10. The largest absolute Gasteiger partial charge is 0.478 e. The molecule has 7 heteroatoms. The first-order chi connectivity index (χ1) is 12.0. The Kier molecular flexibility index (Phi) is 4.13. The van der Waals surface area contributed by atoms with Gasteiger partial charge in [0.25, 0.3) is 11.6 Å². The van der Waals surface area contributed by atoms with Gasteiger partial charge in [-0.2, -0.15) is 0 Å². The molecule has 0 atom stereocenters. The molecule has 0 aliphatic carbocycles. The van der Waals surface area contributed by atoms with E-state index in [0.717, 1.165) is 23.6 Å². The molecule has 2 N–H and O–H groups in total. The van der Waals surface area contributed by atoms with Gasteiger partial charge in [-0.05, 0) is 22.9 Å². The number of nitro groups is 1. The Balaban J connectivity index is 2.04. The van der Waals surface area contributed by atoms with Crippen molar-refractivity contribution in [1.82, 2.24) is 0 Å². The average Bonchev–Trinajstić information content (AvgIpc) is 2.60. The lowest BCUT2D eigenvalue weighted by molar-refractivity contribution is -0.384. The van der Waals surface area contributed by atoms with E-state index in [1.165, 1.54) is 0 Å². The first-order valence-corrected chi connectivity index (χ1v) is 7.28. The molecular weight excluding hydrogens is 324 g/mol. The molecule has 0 aliphatic rings. The van der Waals surface area contributed by atoms with E-state index in [2.05, 4.69) is 5.32 Å². The molecule has 0 aromatic heterocycles. The van der Waals surface area contributed by atoms with Crippen LogP contribution >= 0.6 is 0 Å². The fourth-order valence-electron chi connectivity index (χ4n) is 2.55. The molecule has 0 heterocycles. The van der Waals surface area contributed by atoms with Gasteiger partial charge in [-0.25, -0.2) is 4.79 Å². The minimum absolute atomic E-state index is 0.125. The Morgan fingerprint density at radius 1 is 0.960 bits per heavy atom. The van der Waals surface area contributed by atoms with Crippen LogP contribution in [0.2, 0.25) is 0 Å². The van der Waals surface area contributed by atoms with Gasteiger partial charge in [0.15, 0.2) is 0 Å². The fourth-order valence-corrected chi connectivity index (χ4v) is 2.55. The topological polar surface area (TPSA) is 110 Å². The van der Waals surface area contributed by atoms with Crippen LogP contribution < -0.4 is 5.32 Å². The molecule has 124 valence electrons. The zero-order chi connectivity index (χ0) is 18.0. The first kappa shape index (κ1) is 16.1. The number of carbonyl (C=O) groups excluding carboxylic acids is 1. The Bertz CT molecular complexity index is 1010. The van der Waals surface area contributed by atoms with E-state index in [1.54, 1.807) is 24.3 Å². The van der Waals surface area contributed by atoms with Crippen LogP contribution in [0.1, 0.15) is 20.7 Å². The van der Waals surface area contributed by atoms with Gasteiger partial charge in [0, 0.05) is 17.7 Å². The highest BCUT2D eigenvalue weighted by molar-refractivity contribution is 6.14. The summed E-state index contributed by atoms with van der Waals surface area (Å²) >= 11 is 0. The molecule has 0 unspecified atom stereocenters. The predicted molar refractivity (Wildman–Crippen MR) is 92.0 cm³/mol. The van der Waals surface area contributed by atoms with Crippen LogP contribution in [0.4, 0.5) is 11.4 Å². The molecule has 0 radical (unpaired) electrons. The number of hydrogen-bond donors (Lipinski definition) is 2. The van der Waals surface area contributed by atoms with Crippen molar-refractivity contribution in [1.29, 1.82) is 0 Å². The van der Waals surface area contributed by atoms with Crippen molar-refractivity contribution in [3.63, 3.8) is 0 Å².